The lowest BCUT2D eigenvalue weighted by atomic mass is 10.2. The second kappa shape index (κ2) is 5.64. The van der Waals surface area contributed by atoms with Crippen LogP contribution in [0.5, 0.6) is 0 Å². The maximum Gasteiger partial charge on any atom is 0.182 e. The quantitative estimate of drug-likeness (QED) is 0.367. The summed E-state index contributed by atoms with van der Waals surface area (Å²) in [6.45, 7) is 0.344. The third kappa shape index (κ3) is 3.43. The van der Waals surface area contributed by atoms with Gasteiger partial charge in [0.25, 0.3) is 0 Å². The van der Waals surface area contributed by atoms with Gasteiger partial charge >= 0.3 is 0 Å². The molecule has 2 nitrogen and oxygen atoms in total. The molecule has 0 aliphatic heterocycles. The zero-order valence-corrected chi connectivity index (χ0v) is 10.8. The smallest absolute Gasteiger partial charge is 0.182 e. The van der Waals surface area contributed by atoms with Crippen LogP contribution in [0.1, 0.15) is 11.1 Å². The van der Waals surface area contributed by atoms with Crippen molar-refractivity contribution in [1.29, 1.82) is 0 Å². The summed E-state index contributed by atoms with van der Waals surface area (Å²) in [6.07, 6.45) is 1.60. The van der Waals surface area contributed by atoms with Gasteiger partial charge in [-0.15, -0.1) is 0 Å². The standard InChI is InChI=1S/C14H12BrNO/c15-14-9-5-4-8-13(14)11-16(17)10-12-6-2-1-3-7-12/h1-10H,11H2/b16-10-. The summed E-state index contributed by atoms with van der Waals surface area (Å²) in [5.41, 5.74) is 1.89. The van der Waals surface area contributed by atoms with Gasteiger partial charge in [0.15, 0.2) is 12.8 Å². The largest absolute Gasteiger partial charge is 0.624 e. The second-order valence-corrected chi connectivity index (χ2v) is 4.56. The summed E-state index contributed by atoms with van der Waals surface area (Å²) in [6, 6.07) is 17.3. The summed E-state index contributed by atoms with van der Waals surface area (Å²) in [5, 5.41) is 11.8. The molecule has 0 aromatic heterocycles. The maximum atomic E-state index is 11.8. The Morgan fingerprint density at radius 1 is 1.00 bits per heavy atom. The highest BCUT2D eigenvalue weighted by atomic mass is 79.9. The van der Waals surface area contributed by atoms with Crippen LogP contribution in [0, 0.1) is 5.21 Å². The normalized spacial score (nSPS) is 11.5. The molecular formula is C14H12BrNO. The van der Waals surface area contributed by atoms with Gasteiger partial charge in [0.05, 0.1) is 0 Å². The van der Waals surface area contributed by atoms with Crippen molar-refractivity contribution in [2.24, 2.45) is 0 Å². The first-order valence-electron chi connectivity index (χ1n) is 5.33. The third-order valence-corrected chi connectivity index (χ3v) is 3.15. The minimum Gasteiger partial charge on any atom is -0.624 e. The Labute approximate surface area is 109 Å². The predicted molar refractivity (Wildman–Crippen MR) is 73.1 cm³/mol. The molecule has 0 amide bonds. The molecule has 0 saturated heterocycles. The molecule has 0 radical (unpaired) electrons. The molecule has 0 fully saturated rings. The van der Waals surface area contributed by atoms with Crippen LogP contribution < -0.4 is 0 Å². The number of halogens is 1. The Kier molecular flexibility index (Phi) is 3.94. The van der Waals surface area contributed by atoms with Crippen LogP contribution in [0.15, 0.2) is 59.1 Å². The van der Waals surface area contributed by atoms with Crippen molar-refractivity contribution in [1.82, 2.24) is 0 Å². The van der Waals surface area contributed by atoms with Gasteiger partial charge in [0.2, 0.25) is 0 Å². The fraction of sp³-hybridized carbons (Fsp3) is 0.0714. The van der Waals surface area contributed by atoms with E-state index in [1.54, 1.807) is 6.21 Å². The summed E-state index contributed by atoms with van der Waals surface area (Å²) in [7, 11) is 0. The van der Waals surface area contributed by atoms with Crippen molar-refractivity contribution >= 4 is 22.1 Å². The molecule has 86 valence electrons. The first kappa shape index (κ1) is 11.9. The number of hydroxylamine groups is 1. The van der Waals surface area contributed by atoms with Crippen LogP contribution >= 0.6 is 15.9 Å². The highest BCUT2D eigenvalue weighted by Crippen LogP contribution is 2.16. The Bertz CT molecular complexity index is 523. The van der Waals surface area contributed by atoms with Gasteiger partial charge in [0, 0.05) is 15.6 Å². The molecule has 2 rings (SSSR count). The zero-order chi connectivity index (χ0) is 12.1. The van der Waals surface area contributed by atoms with Gasteiger partial charge in [0.1, 0.15) is 0 Å². The van der Waals surface area contributed by atoms with E-state index in [2.05, 4.69) is 15.9 Å². The van der Waals surface area contributed by atoms with Crippen LogP contribution in [0.3, 0.4) is 0 Å². The zero-order valence-electron chi connectivity index (χ0n) is 9.21. The Balaban J connectivity index is 2.15. The lowest BCUT2D eigenvalue weighted by Gasteiger charge is -2.05. The summed E-state index contributed by atoms with van der Waals surface area (Å²) >= 11 is 3.43. The number of nitrogens with zero attached hydrogens (tertiary/aromatic N) is 1. The van der Waals surface area contributed by atoms with Crippen molar-refractivity contribution in [3.05, 3.63) is 75.4 Å². The van der Waals surface area contributed by atoms with E-state index in [-0.39, 0.29) is 0 Å². The highest BCUT2D eigenvalue weighted by Gasteiger charge is 2.02. The van der Waals surface area contributed by atoms with E-state index in [1.165, 1.54) is 0 Å². The monoisotopic (exact) mass is 289 g/mol. The number of hydrogen-bond donors (Lipinski definition) is 0. The molecule has 0 N–H and O–H groups in total. The first-order chi connectivity index (χ1) is 8.25. The molecule has 0 spiro atoms. The fourth-order valence-electron chi connectivity index (χ4n) is 1.55. The van der Waals surface area contributed by atoms with E-state index in [0.29, 0.717) is 6.54 Å². The molecule has 0 aliphatic carbocycles. The molecule has 0 bridgehead atoms. The van der Waals surface area contributed by atoms with Gasteiger partial charge < -0.3 is 5.21 Å². The molecule has 3 heteroatoms. The minimum absolute atomic E-state index is 0.344. The number of benzene rings is 2. The summed E-state index contributed by atoms with van der Waals surface area (Å²) in [4.78, 5) is 0. The van der Waals surface area contributed by atoms with Crippen molar-refractivity contribution in [2.45, 2.75) is 6.54 Å². The van der Waals surface area contributed by atoms with Gasteiger partial charge in [-0.05, 0) is 18.2 Å². The van der Waals surface area contributed by atoms with Gasteiger partial charge in [-0.2, -0.15) is 0 Å². The van der Waals surface area contributed by atoms with Gasteiger partial charge in [-0.25, -0.2) is 4.74 Å². The molecule has 0 unspecified atom stereocenters. The Morgan fingerprint density at radius 3 is 2.35 bits per heavy atom. The molecule has 2 aromatic carbocycles. The van der Waals surface area contributed by atoms with Crippen LogP contribution in [-0.4, -0.2) is 11.0 Å². The average molecular weight is 290 g/mol. The van der Waals surface area contributed by atoms with Crippen molar-refractivity contribution in [3.8, 4) is 0 Å². The highest BCUT2D eigenvalue weighted by molar-refractivity contribution is 9.10. The van der Waals surface area contributed by atoms with E-state index in [9.17, 15) is 5.21 Å². The molecule has 0 saturated carbocycles. The summed E-state index contributed by atoms with van der Waals surface area (Å²) < 4.78 is 1.90. The van der Waals surface area contributed by atoms with Crippen LogP contribution in [0.4, 0.5) is 0 Å². The number of hydrogen-bond acceptors (Lipinski definition) is 1. The van der Waals surface area contributed by atoms with Crippen LogP contribution in [0.2, 0.25) is 0 Å². The van der Waals surface area contributed by atoms with Crippen LogP contribution in [0.25, 0.3) is 0 Å². The van der Waals surface area contributed by atoms with Crippen molar-refractivity contribution < 1.29 is 4.74 Å². The Hall–Kier alpha value is -1.61. The molecule has 0 aliphatic rings. The van der Waals surface area contributed by atoms with Gasteiger partial charge in [-0.3, -0.25) is 0 Å². The lowest BCUT2D eigenvalue weighted by molar-refractivity contribution is -0.469. The van der Waals surface area contributed by atoms with E-state index < -0.39 is 0 Å². The Morgan fingerprint density at radius 2 is 1.65 bits per heavy atom. The first-order valence-corrected chi connectivity index (χ1v) is 6.12. The fourth-order valence-corrected chi connectivity index (χ4v) is 1.96. The molecule has 0 heterocycles. The van der Waals surface area contributed by atoms with E-state index in [0.717, 1.165) is 20.3 Å². The molecular weight excluding hydrogens is 278 g/mol. The molecule has 0 atom stereocenters. The lowest BCUT2D eigenvalue weighted by Crippen LogP contribution is -2.06. The van der Waals surface area contributed by atoms with E-state index >= 15 is 0 Å². The van der Waals surface area contributed by atoms with Crippen LogP contribution in [-0.2, 0) is 6.54 Å². The van der Waals surface area contributed by atoms with Gasteiger partial charge in [-0.1, -0.05) is 52.3 Å². The SMILES string of the molecule is [O-]/[N+](=C\c1ccccc1)Cc1ccccc1Br. The molecule has 17 heavy (non-hydrogen) atoms. The van der Waals surface area contributed by atoms with Crippen molar-refractivity contribution in [3.63, 3.8) is 0 Å². The minimum atomic E-state index is 0.344. The summed E-state index contributed by atoms with van der Waals surface area (Å²) in [5.74, 6) is 0. The molecule has 2 aromatic rings. The van der Waals surface area contributed by atoms with E-state index in [1.807, 2.05) is 54.6 Å². The van der Waals surface area contributed by atoms with E-state index in [4.69, 9.17) is 0 Å². The van der Waals surface area contributed by atoms with Crippen molar-refractivity contribution in [2.75, 3.05) is 0 Å². The average Bonchev–Trinajstić information content (AvgIpc) is 2.33. The third-order valence-electron chi connectivity index (χ3n) is 2.38. The maximum absolute atomic E-state index is 11.8. The topological polar surface area (TPSA) is 26.1 Å². The predicted octanol–water partition coefficient (Wildman–Crippen LogP) is 3.58. The second-order valence-electron chi connectivity index (χ2n) is 3.71. The number of rotatable bonds is 3.